The zero-order chi connectivity index (χ0) is 19.8. The number of hydrogen-bond acceptors (Lipinski definition) is 4. The van der Waals surface area contributed by atoms with Crippen molar-refractivity contribution in [1.82, 2.24) is 14.9 Å². The topological polar surface area (TPSA) is 90.3 Å². The van der Waals surface area contributed by atoms with E-state index < -0.39 is 6.10 Å². The number of aliphatic hydroxyl groups is 1. The molecule has 4 rings (SSSR count). The molecule has 0 radical (unpaired) electrons. The summed E-state index contributed by atoms with van der Waals surface area (Å²) >= 11 is 0. The van der Waals surface area contributed by atoms with Gasteiger partial charge in [0.05, 0.1) is 17.1 Å². The molecule has 3 unspecified atom stereocenters. The standard InChI is InChI=1S/C22H27N3O3/c1-13-5-3-6-15(20(13)26)10-9-14(2)23-18-11-12-25-19-16(21(18)27)7-4-8-17(19)24-22(25)28/h3-8,14,18,21,23,26-27H,9-12H2,1-2H3,(H,24,28). The Morgan fingerprint density at radius 1 is 1.29 bits per heavy atom. The Morgan fingerprint density at radius 3 is 2.89 bits per heavy atom. The van der Waals surface area contributed by atoms with Crippen LogP contribution in [0.4, 0.5) is 0 Å². The van der Waals surface area contributed by atoms with Gasteiger partial charge in [0.25, 0.3) is 0 Å². The zero-order valence-corrected chi connectivity index (χ0v) is 16.3. The Morgan fingerprint density at radius 2 is 2.07 bits per heavy atom. The van der Waals surface area contributed by atoms with E-state index in [0.717, 1.165) is 40.6 Å². The van der Waals surface area contributed by atoms with Crippen molar-refractivity contribution in [3.05, 3.63) is 63.6 Å². The molecule has 6 nitrogen and oxygen atoms in total. The van der Waals surface area contributed by atoms with E-state index in [1.807, 2.05) is 43.3 Å². The Hall–Kier alpha value is -2.57. The van der Waals surface area contributed by atoms with E-state index in [2.05, 4.69) is 17.2 Å². The first-order chi connectivity index (χ1) is 13.5. The average molecular weight is 381 g/mol. The number of imidazole rings is 1. The van der Waals surface area contributed by atoms with Crippen LogP contribution in [0.15, 0.2) is 41.2 Å². The van der Waals surface area contributed by atoms with Crippen LogP contribution in [0.2, 0.25) is 0 Å². The number of rotatable bonds is 5. The van der Waals surface area contributed by atoms with Crippen LogP contribution in [-0.2, 0) is 13.0 Å². The summed E-state index contributed by atoms with van der Waals surface area (Å²) in [5.41, 5.74) is 4.07. The smallest absolute Gasteiger partial charge is 0.326 e. The van der Waals surface area contributed by atoms with Crippen LogP contribution in [0.25, 0.3) is 11.0 Å². The molecule has 1 aliphatic rings. The van der Waals surface area contributed by atoms with E-state index in [0.29, 0.717) is 18.7 Å². The molecule has 1 aromatic heterocycles. The number of aromatic hydroxyl groups is 1. The molecule has 0 fully saturated rings. The first-order valence-corrected chi connectivity index (χ1v) is 9.88. The van der Waals surface area contributed by atoms with Crippen molar-refractivity contribution in [2.45, 2.75) is 57.8 Å². The number of nitrogens with one attached hydrogen (secondary N) is 2. The maximum atomic E-state index is 12.2. The summed E-state index contributed by atoms with van der Waals surface area (Å²) in [7, 11) is 0. The van der Waals surface area contributed by atoms with E-state index in [4.69, 9.17) is 0 Å². The van der Waals surface area contributed by atoms with Crippen LogP contribution in [-0.4, -0.2) is 31.8 Å². The first kappa shape index (κ1) is 18.8. The Labute approximate surface area is 163 Å². The summed E-state index contributed by atoms with van der Waals surface area (Å²) in [5.74, 6) is 0.370. The molecule has 6 heteroatoms. The second kappa shape index (κ2) is 7.45. The van der Waals surface area contributed by atoms with E-state index in [-0.39, 0.29) is 17.8 Å². The highest BCUT2D eigenvalue weighted by Crippen LogP contribution is 2.30. The van der Waals surface area contributed by atoms with Crippen LogP contribution in [0, 0.1) is 6.92 Å². The van der Waals surface area contributed by atoms with Crippen molar-refractivity contribution in [3.63, 3.8) is 0 Å². The molecule has 0 saturated carbocycles. The van der Waals surface area contributed by atoms with Crippen molar-refractivity contribution in [2.75, 3.05) is 0 Å². The molecule has 0 spiro atoms. The van der Waals surface area contributed by atoms with Crippen LogP contribution >= 0.6 is 0 Å². The third-order valence-electron chi connectivity index (χ3n) is 5.85. The molecule has 2 heterocycles. The van der Waals surface area contributed by atoms with Gasteiger partial charge < -0.3 is 20.5 Å². The predicted octanol–water partition coefficient (Wildman–Crippen LogP) is 2.76. The molecule has 0 saturated heterocycles. The molecule has 0 aliphatic carbocycles. The van der Waals surface area contributed by atoms with E-state index in [9.17, 15) is 15.0 Å². The average Bonchev–Trinajstić information content (AvgIpc) is 2.93. The highest BCUT2D eigenvalue weighted by atomic mass is 16.3. The molecular formula is C22H27N3O3. The van der Waals surface area contributed by atoms with Crippen LogP contribution < -0.4 is 11.0 Å². The normalized spacial score (nSPS) is 20.2. The number of H-pyrrole nitrogens is 1. The largest absolute Gasteiger partial charge is 0.507 e. The number of aromatic nitrogens is 2. The number of phenolic OH excluding ortho intramolecular Hbond substituents is 1. The molecule has 1 aliphatic heterocycles. The quantitative estimate of drug-likeness (QED) is 0.547. The fraction of sp³-hybridized carbons (Fsp3) is 0.409. The minimum Gasteiger partial charge on any atom is -0.507 e. The van der Waals surface area contributed by atoms with Crippen LogP contribution in [0.3, 0.4) is 0 Å². The van der Waals surface area contributed by atoms with Gasteiger partial charge in [-0.05, 0) is 50.3 Å². The summed E-state index contributed by atoms with van der Waals surface area (Å²) in [6, 6.07) is 11.5. The van der Waals surface area contributed by atoms with Gasteiger partial charge in [-0.1, -0.05) is 30.3 Å². The first-order valence-electron chi connectivity index (χ1n) is 9.88. The maximum Gasteiger partial charge on any atom is 0.326 e. The fourth-order valence-electron chi connectivity index (χ4n) is 4.26. The number of aromatic amines is 1. The summed E-state index contributed by atoms with van der Waals surface area (Å²) in [6.45, 7) is 4.56. The maximum absolute atomic E-state index is 12.2. The molecule has 3 atom stereocenters. The third-order valence-corrected chi connectivity index (χ3v) is 5.85. The Kier molecular flexibility index (Phi) is 5.00. The number of para-hydroxylation sites is 2. The fourth-order valence-corrected chi connectivity index (χ4v) is 4.26. The lowest BCUT2D eigenvalue weighted by atomic mass is 9.97. The minimum absolute atomic E-state index is 0.127. The highest BCUT2D eigenvalue weighted by Gasteiger charge is 2.29. The second-order valence-corrected chi connectivity index (χ2v) is 7.85. The lowest BCUT2D eigenvalue weighted by Gasteiger charge is -2.26. The molecule has 4 N–H and O–H groups in total. The summed E-state index contributed by atoms with van der Waals surface area (Å²) in [6.07, 6.45) is 1.60. The SMILES string of the molecule is Cc1cccc(CCC(C)NC2CCn3c(=O)[nH]c4cccc(c43)C2O)c1O. The van der Waals surface area contributed by atoms with Crippen molar-refractivity contribution in [1.29, 1.82) is 0 Å². The van der Waals surface area contributed by atoms with Gasteiger partial charge in [0, 0.05) is 24.2 Å². The molecular weight excluding hydrogens is 354 g/mol. The summed E-state index contributed by atoms with van der Waals surface area (Å²) < 4.78 is 1.73. The second-order valence-electron chi connectivity index (χ2n) is 7.85. The van der Waals surface area contributed by atoms with Crippen LogP contribution in [0.5, 0.6) is 5.75 Å². The molecule has 148 valence electrons. The molecule has 2 aromatic carbocycles. The number of aryl methyl sites for hydroxylation is 3. The molecule has 0 amide bonds. The number of benzene rings is 2. The molecule has 0 bridgehead atoms. The molecule has 28 heavy (non-hydrogen) atoms. The Bertz CT molecular complexity index is 1050. The number of nitrogens with zero attached hydrogens (tertiary/aromatic N) is 1. The van der Waals surface area contributed by atoms with Gasteiger partial charge in [-0.15, -0.1) is 0 Å². The van der Waals surface area contributed by atoms with Gasteiger partial charge in [0.1, 0.15) is 5.75 Å². The zero-order valence-electron chi connectivity index (χ0n) is 16.3. The predicted molar refractivity (Wildman–Crippen MR) is 110 cm³/mol. The minimum atomic E-state index is -0.678. The lowest BCUT2D eigenvalue weighted by Crippen LogP contribution is -2.41. The third kappa shape index (κ3) is 3.34. The van der Waals surface area contributed by atoms with Crippen molar-refractivity contribution in [3.8, 4) is 5.75 Å². The van der Waals surface area contributed by atoms with E-state index in [1.165, 1.54) is 0 Å². The monoisotopic (exact) mass is 381 g/mol. The molecule has 3 aromatic rings. The van der Waals surface area contributed by atoms with Crippen molar-refractivity contribution >= 4 is 11.0 Å². The van der Waals surface area contributed by atoms with Gasteiger partial charge in [-0.3, -0.25) is 4.57 Å². The van der Waals surface area contributed by atoms with Gasteiger partial charge in [0.2, 0.25) is 0 Å². The van der Waals surface area contributed by atoms with Crippen molar-refractivity contribution < 1.29 is 10.2 Å². The number of phenols is 1. The van der Waals surface area contributed by atoms with Crippen LogP contribution in [0.1, 0.15) is 42.6 Å². The van der Waals surface area contributed by atoms with Gasteiger partial charge in [0.15, 0.2) is 0 Å². The number of aliphatic hydroxyl groups excluding tert-OH is 1. The van der Waals surface area contributed by atoms with Gasteiger partial charge in [-0.2, -0.15) is 0 Å². The summed E-state index contributed by atoms with van der Waals surface area (Å²) in [5, 5.41) is 24.7. The van der Waals surface area contributed by atoms with Gasteiger partial charge >= 0.3 is 5.69 Å². The van der Waals surface area contributed by atoms with Crippen molar-refractivity contribution in [2.24, 2.45) is 0 Å². The van der Waals surface area contributed by atoms with Gasteiger partial charge in [-0.25, -0.2) is 4.79 Å². The number of hydrogen-bond donors (Lipinski definition) is 4. The summed E-state index contributed by atoms with van der Waals surface area (Å²) in [4.78, 5) is 15.1. The Balaban J connectivity index is 1.48. The lowest BCUT2D eigenvalue weighted by molar-refractivity contribution is 0.119. The van der Waals surface area contributed by atoms with E-state index in [1.54, 1.807) is 4.57 Å². The highest BCUT2D eigenvalue weighted by molar-refractivity contribution is 5.79. The van der Waals surface area contributed by atoms with E-state index >= 15 is 0 Å².